The number of amides is 2. The molecule has 6 rings (SSSR count). The van der Waals surface area contributed by atoms with E-state index in [0.29, 0.717) is 17.4 Å². The van der Waals surface area contributed by atoms with Crippen molar-refractivity contribution in [1.29, 1.82) is 0 Å². The first kappa shape index (κ1) is 17.3. The van der Waals surface area contributed by atoms with E-state index in [1.54, 1.807) is 30.3 Å². The summed E-state index contributed by atoms with van der Waals surface area (Å²) in [6, 6.07) is 8.60. The third kappa shape index (κ3) is 2.62. The van der Waals surface area contributed by atoms with E-state index in [1.165, 1.54) is 4.90 Å². The number of Topliss-reactive ketones (excluding diaryl/α,β-unsaturated/α-hetero) is 1. The van der Waals surface area contributed by atoms with E-state index in [2.05, 4.69) is 12.2 Å². The van der Waals surface area contributed by atoms with E-state index >= 15 is 0 Å². The van der Waals surface area contributed by atoms with E-state index in [9.17, 15) is 19.2 Å². The van der Waals surface area contributed by atoms with Gasteiger partial charge in [0.15, 0.2) is 12.4 Å². The number of carbonyl (C=O) groups excluding carboxylic acids is 4. The molecule has 0 spiro atoms. The molecular formula is C22H21NO5. The van der Waals surface area contributed by atoms with Gasteiger partial charge in [0.25, 0.3) is 0 Å². The van der Waals surface area contributed by atoms with Crippen LogP contribution < -0.4 is 0 Å². The maximum absolute atomic E-state index is 12.8. The molecule has 144 valence electrons. The summed E-state index contributed by atoms with van der Waals surface area (Å²) >= 11 is 0. The molecule has 6 atom stereocenters. The van der Waals surface area contributed by atoms with Crippen LogP contribution in [0.25, 0.3) is 0 Å². The van der Waals surface area contributed by atoms with Crippen molar-refractivity contribution in [3.8, 4) is 0 Å². The highest BCUT2D eigenvalue weighted by atomic mass is 16.5. The van der Waals surface area contributed by atoms with Gasteiger partial charge in [0.1, 0.15) is 0 Å². The van der Waals surface area contributed by atoms with Crippen LogP contribution >= 0.6 is 0 Å². The van der Waals surface area contributed by atoms with Crippen molar-refractivity contribution in [1.82, 2.24) is 4.90 Å². The van der Waals surface area contributed by atoms with Crippen LogP contribution in [-0.2, 0) is 19.1 Å². The number of hydrogen-bond donors (Lipinski definition) is 0. The van der Waals surface area contributed by atoms with Crippen molar-refractivity contribution >= 4 is 23.6 Å². The molecule has 2 bridgehead atoms. The number of carbonyl (C=O) groups is 4. The molecule has 5 aliphatic rings. The summed E-state index contributed by atoms with van der Waals surface area (Å²) in [6.45, 7) is -0.314. The lowest BCUT2D eigenvalue weighted by molar-refractivity contribution is -0.145. The monoisotopic (exact) mass is 379 g/mol. The highest BCUT2D eigenvalue weighted by molar-refractivity contribution is 6.06. The Kier molecular flexibility index (Phi) is 3.96. The molecule has 0 N–H and O–H groups in total. The summed E-state index contributed by atoms with van der Waals surface area (Å²) in [5, 5.41) is 0. The van der Waals surface area contributed by atoms with Gasteiger partial charge < -0.3 is 4.74 Å². The van der Waals surface area contributed by atoms with E-state index in [0.717, 1.165) is 6.42 Å². The van der Waals surface area contributed by atoms with Crippen LogP contribution in [0.5, 0.6) is 0 Å². The zero-order valence-electron chi connectivity index (χ0n) is 15.3. The van der Waals surface area contributed by atoms with E-state index in [4.69, 9.17) is 4.74 Å². The number of ketones is 1. The average molecular weight is 379 g/mol. The predicted octanol–water partition coefficient (Wildman–Crippen LogP) is 1.86. The van der Waals surface area contributed by atoms with Crippen molar-refractivity contribution in [2.24, 2.45) is 35.5 Å². The Morgan fingerprint density at radius 3 is 2.18 bits per heavy atom. The van der Waals surface area contributed by atoms with Crippen LogP contribution in [0.15, 0.2) is 42.5 Å². The second kappa shape index (κ2) is 6.40. The molecule has 6 nitrogen and oxygen atoms in total. The maximum atomic E-state index is 12.8. The van der Waals surface area contributed by atoms with E-state index in [1.807, 2.05) is 0 Å². The van der Waals surface area contributed by atoms with E-state index in [-0.39, 0.29) is 60.8 Å². The summed E-state index contributed by atoms with van der Waals surface area (Å²) in [5.41, 5.74) is 0.478. The number of rotatable bonds is 6. The first-order valence-corrected chi connectivity index (χ1v) is 9.83. The Bertz CT molecular complexity index is 855. The van der Waals surface area contributed by atoms with Gasteiger partial charge in [-0.2, -0.15) is 0 Å². The Balaban J connectivity index is 1.16. The molecule has 1 saturated heterocycles. The van der Waals surface area contributed by atoms with Crippen molar-refractivity contribution in [3.05, 3.63) is 48.0 Å². The van der Waals surface area contributed by atoms with Gasteiger partial charge in [-0.25, -0.2) is 0 Å². The number of hydrogen-bond acceptors (Lipinski definition) is 5. The topological polar surface area (TPSA) is 80.8 Å². The summed E-state index contributed by atoms with van der Waals surface area (Å²) in [5.74, 6) is -0.180. The van der Waals surface area contributed by atoms with Crippen molar-refractivity contribution < 1.29 is 23.9 Å². The number of likely N-dealkylation sites (tertiary alicyclic amines) is 1. The summed E-state index contributed by atoms with van der Waals surface area (Å²) in [7, 11) is 0. The average Bonchev–Trinajstić information content (AvgIpc) is 3.50. The van der Waals surface area contributed by atoms with Gasteiger partial charge in [-0.1, -0.05) is 42.5 Å². The normalized spacial score (nSPS) is 34.2. The highest BCUT2D eigenvalue weighted by Crippen LogP contribution is 2.65. The predicted molar refractivity (Wildman–Crippen MR) is 97.8 cm³/mol. The molecule has 1 heterocycles. The fraction of sp³-hybridized carbons (Fsp3) is 0.455. The molecule has 0 unspecified atom stereocenters. The molecule has 0 radical (unpaired) electrons. The molecule has 2 amide bonds. The standard InChI is InChI=1S/C22H21NO5/c24-17(12-4-2-1-3-5-12)11-28-18(25)8-9-23-21(26)19-13-6-7-14(16-10-15(13)16)20(19)22(23)27/h1-7,13-16,19-20H,8-11H2/t13-,14-,15-,16+,19-,20-/m1/s1. The fourth-order valence-corrected chi connectivity index (χ4v) is 5.37. The fourth-order valence-electron chi connectivity index (χ4n) is 5.37. The van der Waals surface area contributed by atoms with Crippen LogP contribution in [-0.4, -0.2) is 41.6 Å². The van der Waals surface area contributed by atoms with Crippen LogP contribution in [0, 0.1) is 35.5 Å². The quantitative estimate of drug-likeness (QED) is 0.326. The lowest BCUT2D eigenvalue weighted by Crippen LogP contribution is -2.40. The number of allylic oxidation sites excluding steroid dienone is 2. The van der Waals surface area contributed by atoms with Gasteiger partial charge in [-0.3, -0.25) is 24.1 Å². The van der Waals surface area contributed by atoms with Gasteiger partial charge in [0.2, 0.25) is 11.8 Å². The summed E-state index contributed by atoms with van der Waals surface area (Å²) in [4.78, 5) is 50.9. The zero-order chi connectivity index (χ0) is 19.4. The Labute approximate surface area is 162 Å². The Hall–Kier alpha value is -2.76. The summed E-state index contributed by atoms with van der Waals surface area (Å²) in [6.07, 6.45) is 5.28. The van der Waals surface area contributed by atoms with Gasteiger partial charge in [-0.15, -0.1) is 0 Å². The van der Waals surface area contributed by atoms with Gasteiger partial charge in [0, 0.05) is 12.1 Å². The Morgan fingerprint density at radius 1 is 0.964 bits per heavy atom. The molecule has 1 aromatic rings. The lowest BCUT2D eigenvalue weighted by atomic mass is 9.63. The number of imide groups is 1. The van der Waals surface area contributed by atoms with Gasteiger partial charge in [0.05, 0.1) is 18.3 Å². The largest absolute Gasteiger partial charge is 0.457 e. The van der Waals surface area contributed by atoms with Gasteiger partial charge >= 0.3 is 5.97 Å². The molecule has 4 aliphatic carbocycles. The molecular weight excluding hydrogens is 358 g/mol. The smallest absolute Gasteiger partial charge is 0.308 e. The second-order valence-corrected chi connectivity index (χ2v) is 8.18. The number of esters is 1. The van der Waals surface area contributed by atoms with Crippen LogP contribution in [0.4, 0.5) is 0 Å². The molecule has 0 aromatic heterocycles. The third-order valence-electron chi connectivity index (χ3n) is 6.75. The molecule has 1 aliphatic heterocycles. The first-order valence-electron chi connectivity index (χ1n) is 9.83. The third-order valence-corrected chi connectivity index (χ3v) is 6.75. The molecule has 6 heteroatoms. The number of benzene rings is 1. The van der Waals surface area contributed by atoms with Crippen molar-refractivity contribution in [2.75, 3.05) is 13.2 Å². The molecule has 28 heavy (non-hydrogen) atoms. The minimum absolute atomic E-state index is 0.0256. The zero-order valence-corrected chi connectivity index (χ0v) is 15.3. The van der Waals surface area contributed by atoms with Crippen LogP contribution in [0.3, 0.4) is 0 Å². The summed E-state index contributed by atoms with van der Waals surface area (Å²) < 4.78 is 5.04. The highest BCUT2D eigenvalue weighted by Gasteiger charge is 2.66. The Morgan fingerprint density at radius 2 is 1.57 bits per heavy atom. The first-order chi connectivity index (χ1) is 13.6. The lowest BCUT2D eigenvalue weighted by Gasteiger charge is -2.37. The molecule has 1 aromatic carbocycles. The van der Waals surface area contributed by atoms with E-state index < -0.39 is 5.97 Å². The number of ether oxygens (including phenoxy) is 1. The maximum Gasteiger partial charge on any atom is 0.308 e. The minimum atomic E-state index is -0.580. The molecule has 2 saturated carbocycles. The van der Waals surface area contributed by atoms with Crippen LogP contribution in [0.2, 0.25) is 0 Å². The number of nitrogens with zero attached hydrogens (tertiary/aromatic N) is 1. The van der Waals surface area contributed by atoms with Crippen LogP contribution in [0.1, 0.15) is 23.2 Å². The molecule has 3 fully saturated rings. The SMILES string of the molecule is O=C(CCN1C(=O)[C@@H]2[C@@H]3C=C[C@H]([C@@H]4C[C@H]34)[C@H]2C1=O)OCC(=O)c1ccccc1. The second-order valence-electron chi connectivity index (χ2n) is 8.18. The van der Waals surface area contributed by atoms with Gasteiger partial charge in [-0.05, 0) is 30.1 Å². The van der Waals surface area contributed by atoms with Crippen molar-refractivity contribution in [3.63, 3.8) is 0 Å². The van der Waals surface area contributed by atoms with Crippen molar-refractivity contribution in [2.45, 2.75) is 12.8 Å². The minimum Gasteiger partial charge on any atom is -0.457 e.